The topological polar surface area (TPSA) is 38.7 Å². The van der Waals surface area contributed by atoms with Gasteiger partial charge in [-0.25, -0.2) is 0 Å². The van der Waals surface area contributed by atoms with Gasteiger partial charge in [-0.05, 0) is 73.0 Å². The van der Waals surface area contributed by atoms with E-state index in [0.717, 1.165) is 36.5 Å². The summed E-state index contributed by atoms with van der Waals surface area (Å²) in [7, 11) is 0. The van der Waals surface area contributed by atoms with Crippen LogP contribution >= 0.6 is 0 Å². The molecule has 3 saturated carbocycles. The fourth-order valence-corrected chi connectivity index (χ4v) is 9.77. The fourth-order valence-electron chi connectivity index (χ4n) is 9.77. The van der Waals surface area contributed by atoms with Crippen LogP contribution in [0.4, 0.5) is 0 Å². The van der Waals surface area contributed by atoms with Crippen molar-refractivity contribution in [1.82, 2.24) is 0 Å². The zero-order valence-electron chi connectivity index (χ0n) is 21.3. The summed E-state index contributed by atoms with van der Waals surface area (Å²) >= 11 is 0. The maximum Gasteiger partial charge on any atom is 0.172 e. The molecule has 0 aromatic rings. The monoisotopic (exact) mass is 444 g/mol. The summed E-state index contributed by atoms with van der Waals surface area (Å²) in [6, 6.07) is 0. The number of rotatable bonds is 5. The summed E-state index contributed by atoms with van der Waals surface area (Å²) in [5.74, 6) is 4.24. The molecule has 0 unspecified atom stereocenters. The Morgan fingerprint density at radius 1 is 1.00 bits per heavy atom. The van der Waals surface area contributed by atoms with Crippen LogP contribution in [0, 0.1) is 52.3 Å². The molecule has 1 N–H and O–H groups in total. The Morgan fingerprint density at radius 3 is 2.47 bits per heavy atom. The predicted octanol–water partition coefficient (Wildman–Crippen LogP) is 6.60. The second kappa shape index (κ2) is 8.38. The molecule has 1 saturated heterocycles. The second-order valence-electron chi connectivity index (χ2n) is 13.1. The Bertz CT molecular complexity index is 709. The van der Waals surface area contributed by atoms with Gasteiger partial charge in [0.25, 0.3) is 0 Å². The highest BCUT2D eigenvalue weighted by Gasteiger charge is 2.68. The molecule has 4 fully saturated rings. The van der Waals surface area contributed by atoms with Gasteiger partial charge in [0, 0.05) is 17.8 Å². The van der Waals surface area contributed by atoms with Crippen molar-refractivity contribution >= 4 is 0 Å². The first-order valence-corrected chi connectivity index (χ1v) is 13.8. The van der Waals surface area contributed by atoms with E-state index in [2.05, 4.69) is 46.8 Å². The zero-order valence-corrected chi connectivity index (χ0v) is 21.3. The molecule has 182 valence electrons. The summed E-state index contributed by atoms with van der Waals surface area (Å²) in [5, 5.41) is 11.3. The van der Waals surface area contributed by atoms with E-state index in [4.69, 9.17) is 9.47 Å². The minimum Gasteiger partial charge on any atom is -0.388 e. The minimum absolute atomic E-state index is 0.135. The van der Waals surface area contributed by atoms with E-state index in [-0.39, 0.29) is 17.4 Å². The number of aliphatic hydroxyl groups is 1. The Morgan fingerprint density at radius 2 is 1.75 bits per heavy atom. The van der Waals surface area contributed by atoms with Gasteiger partial charge < -0.3 is 14.6 Å². The van der Waals surface area contributed by atoms with Gasteiger partial charge in [0.15, 0.2) is 5.79 Å². The highest BCUT2D eigenvalue weighted by molar-refractivity contribution is 5.19. The van der Waals surface area contributed by atoms with Crippen molar-refractivity contribution in [1.29, 1.82) is 0 Å². The number of ether oxygens (including phenoxy) is 2. The van der Waals surface area contributed by atoms with Gasteiger partial charge in [0.05, 0.1) is 19.3 Å². The summed E-state index contributed by atoms with van der Waals surface area (Å²) in [6.45, 7) is 13.7. The zero-order chi connectivity index (χ0) is 22.7. The lowest BCUT2D eigenvalue weighted by molar-refractivity contribution is -0.297. The highest BCUT2D eigenvalue weighted by atomic mass is 16.7. The van der Waals surface area contributed by atoms with Crippen molar-refractivity contribution in [3.8, 4) is 0 Å². The molecule has 9 atom stereocenters. The maximum absolute atomic E-state index is 11.3. The molecular formula is C29H48O3. The lowest BCUT2D eigenvalue weighted by atomic mass is 9.43. The molecule has 5 aliphatic rings. The largest absolute Gasteiger partial charge is 0.388 e. The molecule has 3 heteroatoms. The number of hydrogen-bond acceptors (Lipinski definition) is 3. The van der Waals surface area contributed by atoms with Gasteiger partial charge in [-0.15, -0.1) is 0 Å². The minimum atomic E-state index is -0.471. The number of hydrogen-bond donors (Lipinski definition) is 1. The molecule has 4 aliphatic carbocycles. The molecule has 1 heterocycles. The van der Waals surface area contributed by atoms with Crippen LogP contribution < -0.4 is 0 Å². The molecule has 0 amide bonds. The van der Waals surface area contributed by atoms with Crippen molar-refractivity contribution in [2.75, 3.05) is 13.2 Å². The summed E-state index contributed by atoms with van der Waals surface area (Å²) < 4.78 is 13.0. The standard InChI is InChI=1S/C29H48O3/c1-19(2)8-6-9-20(3)22-12-13-23-21-18-29(31-16-17-32-29)25-10-7-11-26(30)28(25,5)24(21)14-15-27(22,23)4/h7,11,19-26,30H,6,8-10,12-18H2,1-5H3/t20-,21+,22-,23+,24+,25+,26+,27-,28-/m1/s1. The fraction of sp³-hybridized carbons (Fsp3) is 0.931. The molecule has 0 aromatic carbocycles. The number of aliphatic hydroxyl groups excluding tert-OH is 1. The van der Waals surface area contributed by atoms with Gasteiger partial charge in [0.1, 0.15) is 0 Å². The van der Waals surface area contributed by atoms with Gasteiger partial charge in [-0.3, -0.25) is 0 Å². The maximum atomic E-state index is 11.3. The van der Waals surface area contributed by atoms with Crippen LogP contribution in [0.2, 0.25) is 0 Å². The van der Waals surface area contributed by atoms with E-state index in [0.29, 0.717) is 30.5 Å². The van der Waals surface area contributed by atoms with Crippen LogP contribution in [-0.2, 0) is 9.47 Å². The highest BCUT2D eigenvalue weighted by Crippen LogP contribution is 2.70. The van der Waals surface area contributed by atoms with E-state index in [9.17, 15) is 5.11 Å². The van der Waals surface area contributed by atoms with Crippen LogP contribution in [0.25, 0.3) is 0 Å². The third-order valence-corrected chi connectivity index (χ3v) is 11.3. The molecule has 1 aliphatic heterocycles. The van der Waals surface area contributed by atoms with Gasteiger partial charge in [-0.2, -0.15) is 0 Å². The lowest BCUT2D eigenvalue weighted by Crippen LogP contribution is -2.65. The Hall–Kier alpha value is -0.380. The smallest absolute Gasteiger partial charge is 0.172 e. The Balaban J connectivity index is 1.42. The van der Waals surface area contributed by atoms with E-state index >= 15 is 0 Å². The molecule has 1 spiro atoms. The molecule has 5 rings (SSSR count). The van der Waals surface area contributed by atoms with E-state index < -0.39 is 5.79 Å². The summed E-state index contributed by atoms with van der Waals surface area (Å²) in [4.78, 5) is 0. The van der Waals surface area contributed by atoms with Crippen LogP contribution in [-0.4, -0.2) is 30.2 Å². The van der Waals surface area contributed by atoms with Gasteiger partial charge in [0.2, 0.25) is 0 Å². The van der Waals surface area contributed by atoms with Gasteiger partial charge >= 0.3 is 0 Å². The molecule has 0 bridgehead atoms. The molecular weight excluding hydrogens is 396 g/mol. The Kier molecular flexibility index (Phi) is 6.12. The first kappa shape index (κ1) is 23.4. The molecule has 3 nitrogen and oxygen atoms in total. The van der Waals surface area contributed by atoms with E-state index in [1.807, 2.05) is 0 Å². The summed E-state index contributed by atoms with van der Waals surface area (Å²) in [6.07, 6.45) is 15.4. The van der Waals surface area contributed by atoms with Crippen LogP contribution in [0.15, 0.2) is 12.2 Å². The quantitative estimate of drug-likeness (QED) is 0.486. The van der Waals surface area contributed by atoms with Crippen molar-refractivity contribution < 1.29 is 14.6 Å². The SMILES string of the molecule is CC(C)CCC[C@@H](C)[C@H]1CC[C@H]2[C@@H]3CC4(OCCO4)[C@H]4CC=C[C@H](O)[C@]4(C)[C@H]3CC[C@]12C. The van der Waals surface area contributed by atoms with E-state index in [1.54, 1.807) is 0 Å². The third-order valence-electron chi connectivity index (χ3n) is 11.3. The number of fused-ring (bicyclic) bond motifs is 6. The summed E-state index contributed by atoms with van der Waals surface area (Å²) in [5.41, 5.74) is 0.307. The average Bonchev–Trinajstić information content (AvgIpc) is 3.34. The first-order chi connectivity index (χ1) is 15.2. The average molecular weight is 445 g/mol. The van der Waals surface area contributed by atoms with Gasteiger partial charge in [-0.1, -0.05) is 66.0 Å². The molecule has 32 heavy (non-hydrogen) atoms. The lowest BCUT2D eigenvalue weighted by Gasteiger charge is -2.64. The van der Waals surface area contributed by atoms with Crippen LogP contribution in [0.1, 0.15) is 92.4 Å². The van der Waals surface area contributed by atoms with E-state index in [1.165, 1.54) is 44.9 Å². The predicted molar refractivity (Wildman–Crippen MR) is 129 cm³/mol. The molecule has 0 aromatic heterocycles. The molecule has 0 radical (unpaired) electrons. The van der Waals surface area contributed by atoms with Crippen LogP contribution in [0.3, 0.4) is 0 Å². The Labute approximate surface area is 196 Å². The second-order valence-corrected chi connectivity index (χ2v) is 13.1. The normalized spacial score (nSPS) is 48.0. The van der Waals surface area contributed by atoms with Crippen molar-refractivity contribution in [3.63, 3.8) is 0 Å². The number of allylic oxidation sites excluding steroid dienone is 1. The van der Waals surface area contributed by atoms with Crippen molar-refractivity contribution in [2.45, 2.75) is 104 Å². The van der Waals surface area contributed by atoms with Crippen molar-refractivity contribution in [3.05, 3.63) is 12.2 Å². The third kappa shape index (κ3) is 3.39. The van der Waals surface area contributed by atoms with Crippen LogP contribution in [0.5, 0.6) is 0 Å². The van der Waals surface area contributed by atoms with Crippen molar-refractivity contribution in [2.24, 2.45) is 52.3 Å². The first-order valence-electron chi connectivity index (χ1n) is 13.8.